The normalized spacial score (nSPS) is 12.5. The van der Waals surface area contributed by atoms with E-state index in [0.717, 1.165) is 4.90 Å². The van der Waals surface area contributed by atoms with Gasteiger partial charge in [-0.2, -0.15) is 0 Å². The lowest BCUT2D eigenvalue weighted by Crippen LogP contribution is -2.29. The van der Waals surface area contributed by atoms with Crippen molar-refractivity contribution >= 4 is 23.7 Å². The quantitative estimate of drug-likeness (QED) is 0.445. The number of nitrogens with one attached hydrogen (secondary N) is 1. The third kappa shape index (κ3) is 4.79. The van der Waals surface area contributed by atoms with Gasteiger partial charge in [-0.25, -0.2) is 9.18 Å². The van der Waals surface area contributed by atoms with Gasteiger partial charge in [-0.15, -0.1) is 0 Å². The van der Waals surface area contributed by atoms with Crippen LogP contribution in [0.4, 0.5) is 4.39 Å². The Balaban J connectivity index is 1.29. The number of esters is 1. The number of nitrogens with zero attached hydrogens (tertiary/aromatic N) is 1. The fourth-order valence-electron chi connectivity index (χ4n) is 3.41. The third-order valence-electron chi connectivity index (χ3n) is 5.18. The molecular weight excluding hydrogens is 427 g/mol. The minimum atomic E-state index is -0.705. The van der Waals surface area contributed by atoms with Crippen molar-refractivity contribution in [2.75, 3.05) is 6.61 Å². The minimum absolute atomic E-state index is 0.0183. The molecule has 0 saturated heterocycles. The zero-order valence-electron chi connectivity index (χ0n) is 17.4. The van der Waals surface area contributed by atoms with Crippen LogP contribution in [0, 0.1) is 5.82 Å². The second-order valence-electron chi connectivity index (χ2n) is 7.38. The number of imide groups is 1. The van der Waals surface area contributed by atoms with Crippen LogP contribution in [0.2, 0.25) is 0 Å². The molecule has 3 aromatic carbocycles. The maximum absolute atomic E-state index is 13.6. The standard InChI is InChI=1S/C25H19FN2O5/c26-21-8-4-1-5-18(21)13-27-22(29)15-33-25(32)17-11-9-16(10-12-17)14-28-23(30)19-6-2-3-7-20(19)24(28)31/h1-12H,13-15H2,(H,27,29). The van der Waals surface area contributed by atoms with Crippen molar-refractivity contribution in [3.8, 4) is 0 Å². The number of carbonyl (C=O) groups excluding carboxylic acids is 4. The summed E-state index contributed by atoms with van der Waals surface area (Å²) in [7, 11) is 0. The molecule has 1 heterocycles. The molecule has 0 fully saturated rings. The molecule has 0 aliphatic carbocycles. The number of amides is 3. The molecule has 33 heavy (non-hydrogen) atoms. The van der Waals surface area contributed by atoms with Crippen LogP contribution >= 0.6 is 0 Å². The second-order valence-corrected chi connectivity index (χ2v) is 7.38. The van der Waals surface area contributed by atoms with Gasteiger partial charge in [-0.3, -0.25) is 19.3 Å². The van der Waals surface area contributed by atoms with E-state index in [1.54, 1.807) is 54.6 Å². The van der Waals surface area contributed by atoms with Gasteiger partial charge < -0.3 is 10.1 Å². The van der Waals surface area contributed by atoms with Crippen LogP contribution in [-0.4, -0.2) is 35.2 Å². The number of ether oxygens (including phenoxy) is 1. The van der Waals surface area contributed by atoms with Crippen LogP contribution in [0.5, 0.6) is 0 Å². The third-order valence-corrected chi connectivity index (χ3v) is 5.18. The van der Waals surface area contributed by atoms with Crippen molar-refractivity contribution in [3.05, 3.63) is 106 Å². The van der Waals surface area contributed by atoms with Crippen LogP contribution in [0.15, 0.2) is 72.8 Å². The highest BCUT2D eigenvalue weighted by atomic mass is 19.1. The van der Waals surface area contributed by atoms with Gasteiger partial charge in [-0.05, 0) is 35.9 Å². The van der Waals surface area contributed by atoms with Crippen molar-refractivity contribution in [3.63, 3.8) is 0 Å². The van der Waals surface area contributed by atoms with Crippen molar-refractivity contribution in [2.24, 2.45) is 0 Å². The first-order valence-electron chi connectivity index (χ1n) is 10.2. The number of rotatable bonds is 7. The number of fused-ring (bicyclic) bond motifs is 1. The van der Waals surface area contributed by atoms with Crippen LogP contribution in [0.1, 0.15) is 42.2 Å². The Morgan fingerprint density at radius 3 is 2.09 bits per heavy atom. The smallest absolute Gasteiger partial charge is 0.338 e. The number of halogens is 1. The minimum Gasteiger partial charge on any atom is -0.452 e. The van der Waals surface area contributed by atoms with E-state index in [1.807, 2.05) is 0 Å². The van der Waals surface area contributed by atoms with E-state index in [0.29, 0.717) is 22.3 Å². The number of hydrogen-bond donors (Lipinski definition) is 1. The lowest BCUT2D eigenvalue weighted by molar-refractivity contribution is -0.124. The van der Waals surface area contributed by atoms with E-state index in [1.165, 1.54) is 18.2 Å². The summed E-state index contributed by atoms with van der Waals surface area (Å²) < 4.78 is 18.6. The van der Waals surface area contributed by atoms with Crippen molar-refractivity contribution in [2.45, 2.75) is 13.1 Å². The first-order chi connectivity index (χ1) is 15.9. The lowest BCUT2D eigenvalue weighted by atomic mass is 10.1. The molecule has 1 aliphatic rings. The van der Waals surface area contributed by atoms with E-state index in [-0.39, 0.29) is 30.5 Å². The van der Waals surface area contributed by atoms with Crippen LogP contribution in [0.25, 0.3) is 0 Å². The summed E-state index contributed by atoms with van der Waals surface area (Å²) in [5.41, 5.74) is 1.93. The highest BCUT2D eigenvalue weighted by Crippen LogP contribution is 2.24. The molecule has 0 aromatic heterocycles. The Morgan fingerprint density at radius 2 is 1.45 bits per heavy atom. The van der Waals surface area contributed by atoms with E-state index < -0.39 is 24.3 Å². The van der Waals surface area contributed by atoms with Crippen LogP contribution in [0.3, 0.4) is 0 Å². The molecule has 166 valence electrons. The van der Waals surface area contributed by atoms with Gasteiger partial charge in [0.1, 0.15) is 5.82 Å². The monoisotopic (exact) mass is 446 g/mol. The highest BCUT2D eigenvalue weighted by Gasteiger charge is 2.34. The molecular formula is C25H19FN2O5. The molecule has 1 aliphatic heterocycles. The van der Waals surface area contributed by atoms with Gasteiger partial charge in [0.15, 0.2) is 6.61 Å². The average molecular weight is 446 g/mol. The molecule has 0 saturated carbocycles. The van der Waals surface area contributed by atoms with E-state index in [9.17, 15) is 23.6 Å². The molecule has 0 radical (unpaired) electrons. The summed E-state index contributed by atoms with van der Waals surface area (Å²) >= 11 is 0. The predicted octanol–water partition coefficient (Wildman–Crippen LogP) is 3.10. The highest BCUT2D eigenvalue weighted by molar-refractivity contribution is 6.21. The largest absolute Gasteiger partial charge is 0.452 e. The summed E-state index contributed by atoms with van der Waals surface area (Å²) in [6, 6.07) is 18.9. The molecule has 0 bridgehead atoms. The summed E-state index contributed by atoms with van der Waals surface area (Å²) in [5, 5.41) is 2.49. The zero-order chi connectivity index (χ0) is 23.4. The number of benzene rings is 3. The summed E-state index contributed by atoms with van der Waals surface area (Å²) in [4.78, 5) is 50.2. The Morgan fingerprint density at radius 1 is 0.848 bits per heavy atom. The summed E-state index contributed by atoms with van der Waals surface area (Å²) in [5.74, 6) is -2.42. The van der Waals surface area contributed by atoms with Crippen molar-refractivity contribution in [1.82, 2.24) is 10.2 Å². The Hall–Kier alpha value is -4.33. The molecule has 8 heteroatoms. The maximum Gasteiger partial charge on any atom is 0.338 e. The van der Waals surface area contributed by atoms with Crippen LogP contribution in [-0.2, 0) is 22.6 Å². The van der Waals surface area contributed by atoms with Crippen LogP contribution < -0.4 is 5.32 Å². The number of carbonyl (C=O) groups is 4. The van der Waals surface area contributed by atoms with E-state index in [4.69, 9.17) is 4.74 Å². The lowest BCUT2D eigenvalue weighted by Gasteiger charge is -2.14. The van der Waals surface area contributed by atoms with Gasteiger partial charge in [-0.1, -0.05) is 42.5 Å². The van der Waals surface area contributed by atoms with Gasteiger partial charge in [0.25, 0.3) is 17.7 Å². The summed E-state index contributed by atoms with van der Waals surface area (Å²) in [6.45, 7) is -0.459. The van der Waals surface area contributed by atoms with Gasteiger partial charge >= 0.3 is 5.97 Å². The van der Waals surface area contributed by atoms with E-state index >= 15 is 0 Å². The Labute approximate surface area is 188 Å². The molecule has 0 unspecified atom stereocenters. The Kier molecular flexibility index (Phi) is 6.26. The van der Waals surface area contributed by atoms with E-state index in [2.05, 4.69) is 5.32 Å². The predicted molar refractivity (Wildman–Crippen MR) is 116 cm³/mol. The molecule has 1 N–H and O–H groups in total. The van der Waals surface area contributed by atoms with Gasteiger partial charge in [0.2, 0.25) is 0 Å². The van der Waals surface area contributed by atoms with Gasteiger partial charge in [0, 0.05) is 12.1 Å². The molecule has 3 aromatic rings. The molecule has 0 atom stereocenters. The SMILES string of the molecule is O=C(COC(=O)c1ccc(CN2C(=O)c3ccccc3C2=O)cc1)NCc1ccccc1F. The first kappa shape index (κ1) is 21.9. The molecule has 4 rings (SSSR count). The molecule has 7 nitrogen and oxygen atoms in total. The fraction of sp³-hybridized carbons (Fsp3) is 0.120. The maximum atomic E-state index is 13.6. The molecule has 0 spiro atoms. The zero-order valence-corrected chi connectivity index (χ0v) is 17.4. The summed E-state index contributed by atoms with van der Waals surface area (Å²) in [6.07, 6.45) is 0. The Bertz CT molecular complexity index is 1200. The molecule has 3 amide bonds. The van der Waals surface area contributed by atoms with Crippen molar-refractivity contribution in [1.29, 1.82) is 0 Å². The first-order valence-corrected chi connectivity index (χ1v) is 10.2. The fourth-order valence-corrected chi connectivity index (χ4v) is 3.41. The van der Waals surface area contributed by atoms with Crippen molar-refractivity contribution < 1.29 is 28.3 Å². The second kappa shape index (κ2) is 9.44. The topological polar surface area (TPSA) is 92.8 Å². The average Bonchev–Trinajstić information content (AvgIpc) is 3.07. The number of hydrogen-bond acceptors (Lipinski definition) is 5. The van der Waals surface area contributed by atoms with Gasteiger partial charge in [0.05, 0.1) is 23.2 Å².